The summed E-state index contributed by atoms with van der Waals surface area (Å²) in [5.74, 6) is 0.411. The van der Waals surface area contributed by atoms with Crippen LogP contribution in [0.2, 0.25) is 0 Å². The van der Waals surface area contributed by atoms with Crippen LogP contribution in [0.4, 0.5) is 5.95 Å². The second-order valence-electron chi connectivity index (χ2n) is 5.68. The van der Waals surface area contributed by atoms with Gasteiger partial charge in [-0.25, -0.2) is 4.68 Å². The Labute approximate surface area is 127 Å². The maximum atomic E-state index is 12.4. The fourth-order valence-corrected chi connectivity index (χ4v) is 3.11. The minimum atomic E-state index is -0.614. The lowest BCUT2D eigenvalue weighted by Crippen LogP contribution is -2.34. The predicted octanol–water partition coefficient (Wildman–Crippen LogP) is 0.482. The van der Waals surface area contributed by atoms with Crippen LogP contribution in [0.15, 0.2) is 24.3 Å². The van der Waals surface area contributed by atoms with Crippen molar-refractivity contribution in [2.75, 3.05) is 11.9 Å². The van der Waals surface area contributed by atoms with Crippen molar-refractivity contribution >= 4 is 11.9 Å². The summed E-state index contributed by atoms with van der Waals surface area (Å²) in [5.41, 5.74) is 2.03. The lowest BCUT2D eigenvalue weighted by molar-refractivity contribution is 0.0848. The van der Waals surface area contributed by atoms with Gasteiger partial charge in [-0.15, -0.1) is 5.10 Å². The van der Waals surface area contributed by atoms with Crippen LogP contribution in [-0.4, -0.2) is 38.4 Å². The molecule has 114 valence electrons. The molecule has 3 N–H and O–H groups in total. The van der Waals surface area contributed by atoms with E-state index >= 15 is 0 Å². The average Bonchev–Trinajstić information content (AvgIpc) is 3.09. The SMILES string of the molecule is O=C(N[C@@H]1c2ccccc2C[C@@H]1O)c1nc2n(n1)CCCN2. The van der Waals surface area contributed by atoms with Gasteiger partial charge in [0.25, 0.3) is 5.91 Å². The highest BCUT2D eigenvalue weighted by Gasteiger charge is 2.33. The third-order valence-electron chi connectivity index (χ3n) is 4.20. The molecule has 7 heteroatoms. The number of hydrogen-bond acceptors (Lipinski definition) is 5. The summed E-state index contributed by atoms with van der Waals surface area (Å²) in [7, 11) is 0. The molecule has 1 aromatic heterocycles. The molecule has 1 aliphatic carbocycles. The minimum Gasteiger partial charge on any atom is -0.390 e. The lowest BCUT2D eigenvalue weighted by Gasteiger charge is -2.16. The molecule has 0 spiro atoms. The molecule has 2 heterocycles. The maximum absolute atomic E-state index is 12.4. The molecule has 0 saturated carbocycles. The van der Waals surface area contributed by atoms with E-state index in [0.717, 1.165) is 30.6 Å². The van der Waals surface area contributed by atoms with Crippen LogP contribution in [0.5, 0.6) is 0 Å². The molecule has 4 rings (SSSR count). The van der Waals surface area contributed by atoms with Crippen LogP contribution >= 0.6 is 0 Å². The summed E-state index contributed by atoms with van der Waals surface area (Å²) >= 11 is 0. The summed E-state index contributed by atoms with van der Waals surface area (Å²) in [6.07, 6.45) is 0.902. The Morgan fingerprint density at radius 1 is 1.41 bits per heavy atom. The summed E-state index contributed by atoms with van der Waals surface area (Å²) in [4.78, 5) is 16.6. The first-order valence-electron chi connectivity index (χ1n) is 7.48. The van der Waals surface area contributed by atoms with Crippen molar-refractivity contribution in [2.45, 2.75) is 31.5 Å². The number of fused-ring (bicyclic) bond motifs is 2. The smallest absolute Gasteiger partial charge is 0.291 e. The molecule has 1 aromatic carbocycles. The van der Waals surface area contributed by atoms with Crippen molar-refractivity contribution in [3.63, 3.8) is 0 Å². The first-order valence-corrected chi connectivity index (χ1v) is 7.48. The van der Waals surface area contributed by atoms with Gasteiger partial charge in [0.15, 0.2) is 0 Å². The summed E-state index contributed by atoms with van der Waals surface area (Å²) in [6.45, 7) is 1.60. The quantitative estimate of drug-likeness (QED) is 0.750. The average molecular weight is 299 g/mol. The standard InChI is InChI=1S/C15H17N5O2/c21-11-8-9-4-1-2-5-10(9)12(11)17-14(22)13-18-15-16-6-3-7-20(15)19-13/h1-2,4-5,11-12,21H,3,6-8H2,(H,17,22)(H,16,18,19)/t11-,12+/m0/s1. The van der Waals surface area contributed by atoms with Crippen LogP contribution in [0.3, 0.4) is 0 Å². The molecule has 0 bridgehead atoms. The number of carbonyl (C=O) groups is 1. The summed E-state index contributed by atoms with van der Waals surface area (Å²) in [5, 5.41) is 20.4. The van der Waals surface area contributed by atoms with E-state index in [1.807, 2.05) is 24.3 Å². The molecule has 0 unspecified atom stereocenters. The number of aliphatic hydroxyl groups excluding tert-OH is 1. The molecular formula is C15H17N5O2. The number of nitrogens with one attached hydrogen (secondary N) is 2. The number of rotatable bonds is 2. The van der Waals surface area contributed by atoms with Gasteiger partial charge in [0.2, 0.25) is 11.8 Å². The molecule has 2 aliphatic rings. The maximum Gasteiger partial charge on any atom is 0.291 e. The number of aliphatic hydroxyl groups is 1. The van der Waals surface area contributed by atoms with Crippen LogP contribution < -0.4 is 10.6 Å². The number of aromatic nitrogens is 3. The fourth-order valence-electron chi connectivity index (χ4n) is 3.11. The van der Waals surface area contributed by atoms with E-state index in [9.17, 15) is 9.90 Å². The van der Waals surface area contributed by atoms with Gasteiger partial charge in [-0.3, -0.25) is 4.79 Å². The van der Waals surface area contributed by atoms with Crippen LogP contribution in [0.1, 0.15) is 34.2 Å². The Morgan fingerprint density at radius 3 is 3.14 bits per heavy atom. The van der Waals surface area contributed by atoms with E-state index in [0.29, 0.717) is 12.4 Å². The number of aryl methyl sites for hydroxylation is 1. The molecule has 1 aliphatic heterocycles. The van der Waals surface area contributed by atoms with Crippen molar-refractivity contribution in [2.24, 2.45) is 0 Å². The van der Waals surface area contributed by atoms with Gasteiger partial charge in [-0.1, -0.05) is 24.3 Å². The van der Waals surface area contributed by atoms with Crippen LogP contribution in [0, 0.1) is 0 Å². The highest BCUT2D eigenvalue weighted by molar-refractivity contribution is 5.91. The van der Waals surface area contributed by atoms with Crippen molar-refractivity contribution in [1.82, 2.24) is 20.1 Å². The molecule has 7 nitrogen and oxygen atoms in total. The minimum absolute atomic E-state index is 0.140. The zero-order chi connectivity index (χ0) is 15.1. The van der Waals surface area contributed by atoms with Gasteiger partial charge >= 0.3 is 0 Å². The molecule has 2 aromatic rings. The zero-order valence-electron chi connectivity index (χ0n) is 12.0. The van der Waals surface area contributed by atoms with Gasteiger partial charge in [-0.05, 0) is 17.5 Å². The van der Waals surface area contributed by atoms with Gasteiger partial charge in [0, 0.05) is 19.5 Å². The van der Waals surface area contributed by atoms with Gasteiger partial charge < -0.3 is 15.7 Å². The first kappa shape index (κ1) is 13.3. The van der Waals surface area contributed by atoms with E-state index in [1.54, 1.807) is 4.68 Å². The second kappa shape index (κ2) is 5.10. The van der Waals surface area contributed by atoms with Gasteiger partial charge in [0.05, 0.1) is 12.1 Å². The molecule has 1 amide bonds. The molecule has 2 atom stereocenters. The highest BCUT2D eigenvalue weighted by Crippen LogP contribution is 2.31. The molecule has 22 heavy (non-hydrogen) atoms. The molecule has 0 saturated heterocycles. The van der Waals surface area contributed by atoms with Crippen LogP contribution in [0.25, 0.3) is 0 Å². The van der Waals surface area contributed by atoms with E-state index in [1.165, 1.54) is 0 Å². The van der Waals surface area contributed by atoms with Crippen LogP contribution in [-0.2, 0) is 13.0 Å². The van der Waals surface area contributed by atoms with Crippen molar-refractivity contribution < 1.29 is 9.90 Å². The number of carbonyl (C=O) groups excluding carboxylic acids is 1. The van der Waals surface area contributed by atoms with Crippen molar-refractivity contribution in [1.29, 1.82) is 0 Å². The Kier molecular flexibility index (Phi) is 3.07. The van der Waals surface area contributed by atoms with Gasteiger partial charge in [0.1, 0.15) is 0 Å². The van der Waals surface area contributed by atoms with Crippen molar-refractivity contribution in [3.05, 3.63) is 41.2 Å². The largest absolute Gasteiger partial charge is 0.390 e. The summed E-state index contributed by atoms with van der Waals surface area (Å²) in [6, 6.07) is 7.35. The van der Waals surface area contributed by atoms with Gasteiger partial charge in [-0.2, -0.15) is 4.98 Å². The number of nitrogens with zero attached hydrogens (tertiary/aromatic N) is 3. The number of amides is 1. The number of benzene rings is 1. The molecule has 0 fully saturated rings. The number of hydrogen-bond donors (Lipinski definition) is 3. The van der Waals surface area contributed by atoms with E-state index in [2.05, 4.69) is 20.7 Å². The number of anilines is 1. The highest BCUT2D eigenvalue weighted by atomic mass is 16.3. The third kappa shape index (κ3) is 2.14. The summed E-state index contributed by atoms with van der Waals surface area (Å²) < 4.78 is 1.71. The zero-order valence-corrected chi connectivity index (χ0v) is 12.0. The lowest BCUT2D eigenvalue weighted by atomic mass is 10.1. The Bertz CT molecular complexity index is 703. The van der Waals surface area contributed by atoms with E-state index in [4.69, 9.17) is 0 Å². The molecular weight excluding hydrogens is 282 g/mol. The topological polar surface area (TPSA) is 92.1 Å². The first-order chi connectivity index (χ1) is 10.7. The Balaban J connectivity index is 1.56. The van der Waals surface area contributed by atoms with E-state index in [-0.39, 0.29) is 11.7 Å². The third-order valence-corrected chi connectivity index (χ3v) is 4.20. The predicted molar refractivity (Wildman–Crippen MR) is 79.5 cm³/mol. The second-order valence-corrected chi connectivity index (χ2v) is 5.68. The fraction of sp³-hybridized carbons (Fsp3) is 0.400. The normalized spacial score (nSPS) is 22.6. The van der Waals surface area contributed by atoms with Crippen molar-refractivity contribution in [3.8, 4) is 0 Å². The monoisotopic (exact) mass is 299 g/mol. The van der Waals surface area contributed by atoms with E-state index < -0.39 is 12.1 Å². The molecule has 0 radical (unpaired) electrons. The Morgan fingerprint density at radius 2 is 2.27 bits per heavy atom. The Hall–Kier alpha value is -2.41.